The van der Waals surface area contributed by atoms with E-state index >= 15 is 0 Å². The molecule has 0 bridgehead atoms. The molecule has 0 saturated carbocycles. The van der Waals surface area contributed by atoms with Crippen molar-refractivity contribution in [2.75, 3.05) is 39.3 Å². The first-order valence-electron chi connectivity index (χ1n) is 8.11. The molecule has 1 fully saturated rings. The average Bonchev–Trinajstić information content (AvgIpc) is 3.31. The van der Waals surface area contributed by atoms with Crippen molar-refractivity contribution in [3.05, 3.63) is 33.6 Å². The second-order valence-electron chi connectivity index (χ2n) is 6.07. The number of hydrogen-bond acceptors (Lipinski definition) is 6. The number of aromatic hydroxyl groups is 1. The number of fused-ring (bicyclic) bond motifs is 1. The number of thiazole rings is 1. The van der Waals surface area contributed by atoms with E-state index in [9.17, 15) is 5.11 Å². The highest BCUT2D eigenvalue weighted by Gasteiger charge is 2.36. The van der Waals surface area contributed by atoms with Crippen molar-refractivity contribution in [1.82, 2.24) is 14.6 Å². The molecule has 0 unspecified atom stereocenters. The summed E-state index contributed by atoms with van der Waals surface area (Å²) < 4.78 is 1.52. The zero-order chi connectivity index (χ0) is 16.5. The van der Waals surface area contributed by atoms with Crippen molar-refractivity contribution in [3.8, 4) is 5.88 Å². The molecule has 0 aliphatic carbocycles. The van der Waals surface area contributed by atoms with Crippen LogP contribution in [0.3, 0.4) is 0 Å². The third kappa shape index (κ3) is 2.82. The minimum atomic E-state index is 0.120. The second-order valence-corrected chi connectivity index (χ2v) is 8.06. The molecule has 1 aliphatic heterocycles. The monoisotopic (exact) mass is 367 g/mol. The van der Waals surface area contributed by atoms with Crippen LogP contribution in [-0.2, 0) is 0 Å². The molecule has 4 N–H and O–H groups in total. The van der Waals surface area contributed by atoms with Crippen molar-refractivity contribution in [2.24, 2.45) is 0 Å². The summed E-state index contributed by atoms with van der Waals surface area (Å²) in [5, 5.41) is 26.0. The van der Waals surface area contributed by atoms with Crippen LogP contribution in [-0.4, -0.2) is 64.1 Å². The highest BCUT2D eigenvalue weighted by atomic mass is 32.1. The summed E-state index contributed by atoms with van der Waals surface area (Å²) >= 11 is 3.25. The van der Waals surface area contributed by atoms with Crippen LogP contribution < -0.4 is 9.80 Å². The lowest BCUT2D eigenvalue weighted by Gasteiger charge is -2.33. The smallest absolute Gasteiger partial charge is 0.235 e. The van der Waals surface area contributed by atoms with Gasteiger partial charge in [0.2, 0.25) is 10.8 Å². The zero-order valence-electron chi connectivity index (χ0n) is 13.2. The largest absolute Gasteiger partial charge is 0.492 e. The van der Waals surface area contributed by atoms with Crippen LogP contribution in [0.4, 0.5) is 0 Å². The fraction of sp³-hybridized carbons (Fsp3) is 0.467. The van der Waals surface area contributed by atoms with Gasteiger partial charge in [0.05, 0.1) is 11.5 Å². The lowest BCUT2D eigenvalue weighted by Crippen LogP contribution is -3.28. The van der Waals surface area contributed by atoms with Gasteiger partial charge in [0, 0.05) is 0 Å². The van der Waals surface area contributed by atoms with Crippen LogP contribution in [0.25, 0.3) is 4.96 Å². The summed E-state index contributed by atoms with van der Waals surface area (Å²) in [6.45, 7) is 5.18. The maximum absolute atomic E-state index is 10.6. The Balaban J connectivity index is 1.66. The fourth-order valence-corrected chi connectivity index (χ4v) is 5.55. The molecule has 0 amide bonds. The number of piperazine rings is 1. The highest BCUT2D eigenvalue weighted by molar-refractivity contribution is 7.17. The van der Waals surface area contributed by atoms with Gasteiger partial charge in [-0.05, 0) is 11.4 Å². The van der Waals surface area contributed by atoms with Gasteiger partial charge in [0.15, 0.2) is 6.04 Å². The Hall–Kier alpha value is -1.52. The molecule has 0 spiro atoms. The Labute approximate surface area is 147 Å². The van der Waals surface area contributed by atoms with Gasteiger partial charge in [0.1, 0.15) is 43.9 Å². The van der Waals surface area contributed by atoms with Crippen LogP contribution in [0.15, 0.2) is 23.8 Å². The number of hydrogen-bond donors (Lipinski definition) is 4. The summed E-state index contributed by atoms with van der Waals surface area (Å²) in [5.74, 6) is 0.212. The molecule has 4 heterocycles. The van der Waals surface area contributed by atoms with E-state index in [0.717, 1.165) is 42.6 Å². The van der Waals surface area contributed by atoms with Gasteiger partial charge in [-0.2, -0.15) is 9.61 Å². The lowest BCUT2D eigenvalue weighted by molar-refractivity contribution is -1.02. The highest BCUT2D eigenvalue weighted by Crippen LogP contribution is 2.35. The molecule has 128 valence electrons. The molecule has 4 rings (SSSR count). The Morgan fingerprint density at radius 1 is 1.29 bits per heavy atom. The van der Waals surface area contributed by atoms with E-state index in [4.69, 9.17) is 5.11 Å². The van der Waals surface area contributed by atoms with Crippen LogP contribution in [0.1, 0.15) is 15.8 Å². The Morgan fingerprint density at radius 2 is 2.12 bits per heavy atom. The first-order chi connectivity index (χ1) is 11.8. The van der Waals surface area contributed by atoms with E-state index in [1.165, 1.54) is 36.9 Å². The third-order valence-electron chi connectivity index (χ3n) is 4.70. The number of aliphatic hydroxyl groups excluding tert-OH is 1. The number of aliphatic hydroxyl groups is 1. The van der Waals surface area contributed by atoms with Crippen molar-refractivity contribution in [2.45, 2.75) is 6.04 Å². The molecule has 1 saturated heterocycles. The predicted octanol–water partition coefficient (Wildman–Crippen LogP) is -1.58. The number of aromatic nitrogens is 3. The van der Waals surface area contributed by atoms with E-state index in [1.807, 2.05) is 0 Å². The Morgan fingerprint density at radius 3 is 2.79 bits per heavy atom. The maximum Gasteiger partial charge on any atom is 0.235 e. The summed E-state index contributed by atoms with van der Waals surface area (Å²) in [6, 6.07) is 4.33. The number of nitrogens with one attached hydrogen (secondary N) is 2. The van der Waals surface area contributed by atoms with Gasteiger partial charge in [0.25, 0.3) is 0 Å². The summed E-state index contributed by atoms with van der Waals surface area (Å²) in [5.41, 5.74) is 0. The first-order valence-corrected chi connectivity index (χ1v) is 9.81. The molecule has 7 nitrogen and oxygen atoms in total. The van der Waals surface area contributed by atoms with Crippen LogP contribution >= 0.6 is 22.7 Å². The van der Waals surface area contributed by atoms with Crippen molar-refractivity contribution >= 4 is 27.6 Å². The van der Waals surface area contributed by atoms with Crippen molar-refractivity contribution in [1.29, 1.82) is 0 Å². The second kappa shape index (κ2) is 6.77. The zero-order valence-corrected chi connectivity index (χ0v) is 14.8. The number of nitrogens with zero attached hydrogens (tertiary/aromatic N) is 3. The number of rotatable bonds is 5. The molecule has 0 aromatic carbocycles. The van der Waals surface area contributed by atoms with Crippen molar-refractivity contribution in [3.63, 3.8) is 0 Å². The molecule has 1 atom stereocenters. The average molecular weight is 368 g/mol. The van der Waals surface area contributed by atoms with E-state index < -0.39 is 0 Å². The lowest BCUT2D eigenvalue weighted by atomic mass is 10.1. The van der Waals surface area contributed by atoms with Crippen LogP contribution in [0.5, 0.6) is 5.88 Å². The molecular formula is C15H21N5O2S2+2. The van der Waals surface area contributed by atoms with E-state index in [-0.39, 0.29) is 18.5 Å². The molecular weight excluding hydrogens is 346 g/mol. The maximum atomic E-state index is 10.6. The Bertz CT molecular complexity index is 792. The van der Waals surface area contributed by atoms with Gasteiger partial charge in [-0.3, -0.25) is 0 Å². The van der Waals surface area contributed by atoms with Crippen LogP contribution in [0.2, 0.25) is 0 Å². The Kier molecular flexibility index (Phi) is 4.51. The third-order valence-corrected chi connectivity index (χ3v) is 6.74. The summed E-state index contributed by atoms with van der Waals surface area (Å²) in [4.78, 5) is 10.1. The van der Waals surface area contributed by atoms with Gasteiger partial charge >= 0.3 is 0 Å². The SMILES string of the molecule is OCC[NH+]1CC[NH+]([C@H](c2cccs2)c2sc3ncnn3c2O)CC1. The van der Waals surface area contributed by atoms with E-state index in [1.54, 1.807) is 11.3 Å². The van der Waals surface area contributed by atoms with E-state index in [0.29, 0.717) is 0 Å². The molecule has 24 heavy (non-hydrogen) atoms. The van der Waals surface area contributed by atoms with E-state index in [2.05, 4.69) is 27.6 Å². The normalized spacial score (nSPS) is 22.9. The molecule has 1 aliphatic rings. The number of thiophene rings is 1. The number of quaternary nitrogens is 2. The fourth-order valence-electron chi connectivity index (χ4n) is 3.47. The summed E-state index contributed by atoms with van der Waals surface area (Å²) in [6.07, 6.45) is 1.47. The first kappa shape index (κ1) is 16.0. The van der Waals surface area contributed by atoms with Gasteiger partial charge in [-0.1, -0.05) is 17.4 Å². The minimum absolute atomic E-state index is 0.120. The van der Waals surface area contributed by atoms with Gasteiger partial charge in [-0.25, -0.2) is 4.98 Å². The van der Waals surface area contributed by atoms with Gasteiger partial charge in [-0.15, -0.1) is 11.3 Å². The van der Waals surface area contributed by atoms with Crippen molar-refractivity contribution < 1.29 is 20.0 Å². The molecule has 3 aromatic heterocycles. The molecule has 0 radical (unpaired) electrons. The topological polar surface area (TPSA) is 79.5 Å². The van der Waals surface area contributed by atoms with Gasteiger partial charge < -0.3 is 20.0 Å². The standard InChI is InChI=1S/C15H19N5O2S2/c21-8-7-18-3-5-19(6-4-18)12(11-2-1-9-23-11)13-14(22)20-15(24-13)16-10-17-20/h1-2,9-10,12,21-22H,3-8H2/p+2/t12-/m1/s1. The molecule has 9 heteroatoms. The summed E-state index contributed by atoms with van der Waals surface area (Å²) in [7, 11) is 0. The van der Waals surface area contributed by atoms with Crippen LogP contribution in [0, 0.1) is 0 Å². The quantitative estimate of drug-likeness (QED) is 0.439. The minimum Gasteiger partial charge on any atom is -0.492 e. The predicted molar refractivity (Wildman–Crippen MR) is 92.0 cm³/mol. The molecule has 3 aromatic rings.